The number of ether oxygens (including phenoxy) is 3. The van der Waals surface area contributed by atoms with Crippen LogP contribution in [0.5, 0.6) is 0 Å². The molecule has 1 saturated heterocycles. The molecule has 1 fully saturated rings. The first-order valence-electron chi connectivity index (χ1n) is 9.37. The highest BCUT2D eigenvalue weighted by Crippen LogP contribution is 2.32. The minimum Gasteiger partial charge on any atom is -0.415 e. The van der Waals surface area contributed by atoms with Gasteiger partial charge in [-0.1, -0.05) is 0 Å². The van der Waals surface area contributed by atoms with Gasteiger partial charge in [0.05, 0.1) is 6.61 Å². The summed E-state index contributed by atoms with van der Waals surface area (Å²) >= 11 is 0. The van der Waals surface area contributed by atoms with Crippen molar-refractivity contribution in [1.29, 1.82) is 0 Å². The van der Waals surface area contributed by atoms with Gasteiger partial charge in [-0.05, 0) is 58.9 Å². The normalized spacial score (nSPS) is 31.3. The fraction of sp³-hybridized carbons (Fsp3) is 1.00. The fourth-order valence-corrected chi connectivity index (χ4v) is 5.71. The standard InChI is InChI=1S/C17H40O6Si3/c1-18-14-13(12-20-24(3,4)5)21-17(19-2)16(23-26(9,10)11)15(14)22-25(6,7)8/h13-17H,12H2,1-11H3/t13-,14-,15+,16-,17+/m1/s1. The van der Waals surface area contributed by atoms with Gasteiger partial charge in [-0.3, -0.25) is 0 Å². The average Bonchev–Trinajstić information content (AvgIpc) is 2.43. The summed E-state index contributed by atoms with van der Waals surface area (Å²) in [6.45, 7) is 20.0. The van der Waals surface area contributed by atoms with Gasteiger partial charge in [0.15, 0.2) is 31.2 Å². The summed E-state index contributed by atoms with van der Waals surface area (Å²) in [6, 6.07) is 0. The Morgan fingerprint density at radius 3 is 1.54 bits per heavy atom. The lowest BCUT2D eigenvalue weighted by Crippen LogP contribution is -2.64. The minimum atomic E-state index is -1.84. The van der Waals surface area contributed by atoms with E-state index in [2.05, 4.69) is 58.9 Å². The van der Waals surface area contributed by atoms with Crippen LogP contribution in [0.15, 0.2) is 0 Å². The van der Waals surface area contributed by atoms with E-state index in [9.17, 15) is 0 Å². The lowest BCUT2D eigenvalue weighted by atomic mass is 9.99. The summed E-state index contributed by atoms with van der Waals surface area (Å²) in [5.74, 6) is 0. The van der Waals surface area contributed by atoms with Gasteiger partial charge in [-0.15, -0.1) is 0 Å². The van der Waals surface area contributed by atoms with Crippen LogP contribution in [0.4, 0.5) is 0 Å². The summed E-state index contributed by atoms with van der Waals surface area (Å²) in [7, 11) is -1.99. The first kappa shape index (κ1) is 24.4. The number of methoxy groups -OCH3 is 2. The second kappa shape index (κ2) is 9.27. The zero-order chi connectivity index (χ0) is 20.3. The molecule has 26 heavy (non-hydrogen) atoms. The Morgan fingerprint density at radius 1 is 0.654 bits per heavy atom. The van der Waals surface area contributed by atoms with Crippen molar-refractivity contribution in [3.63, 3.8) is 0 Å². The van der Waals surface area contributed by atoms with Crippen molar-refractivity contribution in [2.45, 2.75) is 89.6 Å². The molecule has 156 valence electrons. The van der Waals surface area contributed by atoms with Crippen LogP contribution in [-0.2, 0) is 27.5 Å². The zero-order valence-electron chi connectivity index (χ0n) is 18.5. The van der Waals surface area contributed by atoms with E-state index in [0.717, 1.165) is 0 Å². The van der Waals surface area contributed by atoms with Crippen molar-refractivity contribution >= 4 is 25.0 Å². The van der Waals surface area contributed by atoms with Gasteiger partial charge in [0.2, 0.25) is 0 Å². The maximum atomic E-state index is 6.54. The second-order valence-electron chi connectivity index (χ2n) is 9.79. The highest BCUT2D eigenvalue weighted by molar-refractivity contribution is 6.70. The van der Waals surface area contributed by atoms with Gasteiger partial charge in [-0.25, -0.2) is 0 Å². The molecule has 0 bridgehead atoms. The van der Waals surface area contributed by atoms with Crippen molar-refractivity contribution in [3.05, 3.63) is 0 Å². The molecule has 9 heteroatoms. The van der Waals surface area contributed by atoms with E-state index in [1.54, 1.807) is 14.2 Å². The van der Waals surface area contributed by atoms with Crippen LogP contribution in [0.3, 0.4) is 0 Å². The van der Waals surface area contributed by atoms with E-state index in [1.165, 1.54) is 0 Å². The molecular weight excluding hydrogens is 384 g/mol. The van der Waals surface area contributed by atoms with Crippen LogP contribution in [0.2, 0.25) is 58.9 Å². The molecule has 0 aromatic rings. The van der Waals surface area contributed by atoms with Gasteiger partial charge in [0, 0.05) is 14.2 Å². The molecule has 1 aliphatic heterocycles. The summed E-state index contributed by atoms with van der Waals surface area (Å²) in [5, 5.41) is 0. The van der Waals surface area contributed by atoms with Crippen LogP contribution in [0.1, 0.15) is 0 Å². The van der Waals surface area contributed by atoms with E-state index in [-0.39, 0.29) is 24.4 Å². The van der Waals surface area contributed by atoms with Crippen molar-refractivity contribution in [3.8, 4) is 0 Å². The topological polar surface area (TPSA) is 55.4 Å². The molecule has 0 saturated carbocycles. The van der Waals surface area contributed by atoms with Crippen LogP contribution in [-0.4, -0.2) is 76.5 Å². The Kier molecular flexibility index (Phi) is 8.72. The monoisotopic (exact) mass is 424 g/mol. The Hall–Kier alpha value is 0.411. The van der Waals surface area contributed by atoms with E-state index in [0.29, 0.717) is 6.61 Å². The van der Waals surface area contributed by atoms with E-state index < -0.39 is 31.2 Å². The van der Waals surface area contributed by atoms with Crippen molar-refractivity contribution in [2.75, 3.05) is 20.8 Å². The third-order valence-electron chi connectivity index (χ3n) is 3.76. The average molecular weight is 425 g/mol. The summed E-state index contributed by atoms with van der Waals surface area (Å²) in [6.07, 6.45) is -1.56. The highest BCUT2D eigenvalue weighted by atomic mass is 28.4. The molecule has 6 nitrogen and oxygen atoms in total. The molecule has 0 aromatic heterocycles. The molecule has 0 N–H and O–H groups in total. The first-order chi connectivity index (χ1) is 11.7. The molecule has 0 unspecified atom stereocenters. The molecule has 1 heterocycles. The fourth-order valence-electron chi connectivity index (χ4n) is 2.90. The minimum absolute atomic E-state index is 0.243. The van der Waals surface area contributed by atoms with Crippen LogP contribution >= 0.6 is 0 Å². The van der Waals surface area contributed by atoms with Crippen LogP contribution in [0.25, 0.3) is 0 Å². The third kappa shape index (κ3) is 8.19. The molecule has 0 spiro atoms. The predicted molar refractivity (Wildman–Crippen MR) is 112 cm³/mol. The molecule has 5 atom stereocenters. The number of hydrogen-bond acceptors (Lipinski definition) is 6. The molecular formula is C17H40O6Si3. The summed E-state index contributed by atoms with van der Waals surface area (Å²) in [5.41, 5.74) is 0. The lowest BCUT2D eigenvalue weighted by molar-refractivity contribution is -0.290. The Balaban J connectivity index is 3.14. The summed E-state index contributed by atoms with van der Waals surface area (Å²) in [4.78, 5) is 0. The van der Waals surface area contributed by atoms with Crippen molar-refractivity contribution < 1.29 is 27.5 Å². The molecule has 1 rings (SSSR count). The van der Waals surface area contributed by atoms with Crippen molar-refractivity contribution in [2.24, 2.45) is 0 Å². The SMILES string of the molecule is CO[C@H]1O[C@H](CO[Si](C)(C)C)[C@@H](OC)[C@H](O[Si](C)(C)C)[C@H]1O[Si](C)(C)C. The van der Waals surface area contributed by atoms with Gasteiger partial charge < -0.3 is 27.5 Å². The summed E-state index contributed by atoms with van der Waals surface area (Å²) < 4.78 is 36.8. The Morgan fingerprint density at radius 2 is 1.15 bits per heavy atom. The van der Waals surface area contributed by atoms with Gasteiger partial charge in [0.25, 0.3) is 0 Å². The molecule has 0 radical (unpaired) electrons. The van der Waals surface area contributed by atoms with Gasteiger partial charge in [-0.2, -0.15) is 0 Å². The number of hydrogen-bond donors (Lipinski definition) is 0. The van der Waals surface area contributed by atoms with E-state index in [4.69, 9.17) is 27.5 Å². The molecule has 0 aliphatic carbocycles. The Bertz CT molecular complexity index is 430. The highest BCUT2D eigenvalue weighted by Gasteiger charge is 2.50. The first-order valence-corrected chi connectivity index (χ1v) is 19.6. The van der Waals surface area contributed by atoms with E-state index >= 15 is 0 Å². The molecule has 0 aromatic carbocycles. The van der Waals surface area contributed by atoms with E-state index in [1.807, 2.05) is 0 Å². The maximum absolute atomic E-state index is 6.54. The number of rotatable bonds is 9. The van der Waals surface area contributed by atoms with Crippen LogP contribution in [0, 0.1) is 0 Å². The second-order valence-corrected chi connectivity index (χ2v) is 23.2. The third-order valence-corrected chi connectivity index (χ3v) is 6.75. The van der Waals surface area contributed by atoms with Gasteiger partial charge in [0.1, 0.15) is 24.4 Å². The predicted octanol–water partition coefficient (Wildman–Crippen LogP) is 3.66. The Labute approximate surface area is 163 Å². The molecule has 1 aliphatic rings. The molecule has 0 amide bonds. The smallest absolute Gasteiger partial charge is 0.185 e. The van der Waals surface area contributed by atoms with Gasteiger partial charge >= 0.3 is 0 Å². The van der Waals surface area contributed by atoms with Crippen molar-refractivity contribution in [1.82, 2.24) is 0 Å². The quantitative estimate of drug-likeness (QED) is 0.526. The van der Waals surface area contributed by atoms with Crippen LogP contribution < -0.4 is 0 Å². The maximum Gasteiger partial charge on any atom is 0.185 e. The lowest BCUT2D eigenvalue weighted by Gasteiger charge is -2.48. The zero-order valence-corrected chi connectivity index (χ0v) is 21.5. The largest absolute Gasteiger partial charge is 0.415 e.